The van der Waals surface area contributed by atoms with E-state index in [-0.39, 0.29) is 5.78 Å². The molecule has 0 amide bonds. The number of ketones is 1. The highest BCUT2D eigenvalue weighted by Gasteiger charge is 2.38. The van der Waals surface area contributed by atoms with E-state index in [4.69, 9.17) is 10.2 Å². The molecule has 3 nitrogen and oxygen atoms in total. The van der Waals surface area contributed by atoms with Crippen molar-refractivity contribution in [3.63, 3.8) is 0 Å². The summed E-state index contributed by atoms with van der Waals surface area (Å²) in [6.07, 6.45) is 3.65. The highest BCUT2D eigenvalue weighted by atomic mass is 16.3. The molecular weight excluding hydrogens is 178 g/mol. The second-order valence-corrected chi connectivity index (χ2v) is 4.10. The van der Waals surface area contributed by atoms with Gasteiger partial charge in [0.1, 0.15) is 5.76 Å². The van der Waals surface area contributed by atoms with Crippen LogP contribution in [0.5, 0.6) is 0 Å². The third-order valence-corrected chi connectivity index (χ3v) is 2.91. The molecule has 0 spiro atoms. The Labute approximate surface area is 83.3 Å². The van der Waals surface area contributed by atoms with E-state index in [1.807, 2.05) is 6.92 Å². The second-order valence-electron chi connectivity index (χ2n) is 4.10. The molecule has 2 N–H and O–H groups in total. The van der Waals surface area contributed by atoms with Crippen molar-refractivity contribution in [3.05, 3.63) is 23.7 Å². The molecule has 0 radical (unpaired) electrons. The molecule has 1 aliphatic rings. The van der Waals surface area contributed by atoms with E-state index in [9.17, 15) is 4.79 Å². The fourth-order valence-corrected chi connectivity index (χ4v) is 2.03. The summed E-state index contributed by atoms with van der Waals surface area (Å²) in [5.74, 6) is 1.13. The first-order valence-electron chi connectivity index (χ1n) is 5.02. The van der Waals surface area contributed by atoms with Crippen LogP contribution in [0.4, 0.5) is 0 Å². The van der Waals surface area contributed by atoms with Crippen molar-refractivity contribution in [1.29, 1.82) is 0 Å². The lowest BCUT2D eigenvalue weighted by atomic mass is 9.92. The molecule has 1 fully saturated rings. The fourth-order valence-electron chi connectivity index (χ4n) is 2.03. The summed E-state index contributed by atoms with van der Waals surface area (Å²) in [6, 6.07) is 3.51. The molecule has 1 heterocycles. The maximum absolute atomic E-state index is 12.0. The first-order chi connectivity index (χ1) is 6.62. The van der Waals surface area contributed by atoms with Gasteiger partial charge in [-0.15, -0.1) is 0 Å². The standard InChI is InChI=1S/C11H15NO2/c1-8-4-5-9(14-8)10(13)11(12)6-2-3-7-11/h4-5H,2-3,6-7,12H2,1H3. The minimum atomic E-state index is -0.662. The van der Waals surface area contributed by atoms with E-state index in [0.29, 0.717) is 5.76 Å². The zero-order valence-corrected chi connectivity index (χ0v) is 8.38. The third-order valence-electron chi connectivity index (χ3n) is 2.91. The van der Waals surface area contributed by atoms with Crippen molar-refractivity contribution < 1.29 is 9.21 Å². The van der Waals surface area contributed by atoms with Gasteiger partial charge in [-0.1, -0.05) is 12.8 Å². The van der Waals surface area contributed by atoms with E-state index < -0.39 is 5.54 Å². The Kier molecular flexibility index (Phi) is 2.19. The molecule has 0 aromatic carbocycles. The molecule has 14 heavy (non-hydrogen) atoms. The van der Waals surface area contributed by atoms with Crippen LogP contribution >= 0.6 is 0 Å². The first kappa shape index (κ1) is 9.46. The van der Waals surface area contributed by atoms with Crippen LogP contribution in [-0.2, 0) is 0 Å². The smallest absolute Gasteiger partial charge is 0.217 e. The topological polar surface area (TPSA) is 56.2 Å². The Morgan fingerprint density at radius 3 is 2.57 bits per heavy atom. The number of carbonyl (C=O) groups excluding carboxylic acids is 1. The summed E-state index contributed by atoms with van der Waals surface area (Å²) in [6.45, 7) is 1.83. The molecule has 0 bridgehead atoms. The van der Waals surface area contributed by atoms with E-state index in [2.05, 4.69) is 0 Å². The Morgan fingerprint density at radius 1 is 1.43 bits per heavy atom. The summed E-state index contributed by atoms with van der Waals surface area (Å²) >= 11 is 0. The first-order valence-corrected chi connectivity index (χ1v) is 5.02. The van der Waals surface area contributed by atoms with Crippen LogP contribution in [-0.4, -0.2) is 11.3 Å². The molecule has 0 aliphatic heterocycles. The lowest BCUT2D eigenvalue weighted by Gasteiger charge is -2.19. The van der Waals surface area contributed by atoms with E-state index in [1.54, 1.807) is 12.1 Å². The zero-order chi connectivity index (χ0) is 10.2. The number of rotatable bonds is 2. The average Bonchev–Trinajstić information content (AvgIpc) is 2.74. The maximum Gasteiger partial charge on any atom is 0.217 e. The van der Waals surface area contributed by atoms with Crippen LogP contribution in [0.15, 0.2) is 16.5 Å². The Morgan fingerprint density at radius 2 is 2.07 bits per heavy atom. The number of hydrogen-bond acceptors (Lipinski definition) is 3. The third kappa shape index (κ3) is 1.48. The molecule has 0 unspecified atom stereocenters. The number of furan rings is 1. The lowest BCUT2D eigenvalue weighted by molar-refractivity contribution is 0.0862. The van der Waals surface area contributed by atoms with Crippen molar-refractivity contribution in [2.24, 2.45) is 5.73 Å². The van der Waals surface area contributed by atoms with Gasteiger partial charge in [-0.25, -0.2) is 0 Å². The van der Waals surface area contributed by atoms with Crippen molar-refractivity contribution in [1.82, 2.24) is 0 Å². The summed E-state index contributed by atoms with van der Waals surface area (Å²) in [5, 5.41) is 0. The van der Waals surface area contributed by atoms with Crippen molar-refractivity contribution >= 4 is 5.78 Å². The largest absolute Gasteiger partial charge is 0.458 e. The Hall–Kier alpha value is -1.09. The summed E-state index contributed by atoms with van der Waals surface area (Å²) < 4.78 is 5.29. The highest BCUT2D eigenvalue weighted by molar-refractivity contribution is 6.01. The van der Waals surface area contributed by atoms with Gasteiger partial charge in [0, 0.05) is 0 Å². The molecule has 1 saturated carbocycles. The predicted molar refractivity (Wildman–Crippen MR) is 53.2 cm³/mol. The monoisotopic (exact) mass is 193 g/mol. The molecule has 1 aromatic heterocycles. The van der Waals surface area contributed by atoms with Gasteiger partial charge in [-0.2, -0.15) is 0 Å². The van der Waals surface area contributed by atoms with Crippen molar-refractivity contribution in [2.45, 2.75) is 38.1 Å². The molecule has 76 valence electrons. The van der Waals surface area contributed by atoms with Gasteiger partial charge in [-0.3, -0.25) is 4.79 Å². The molecular formula is C11H15NO2. The molecule has 0 atom stereocenters. The highest BCUT2D eigenvalue weighted by Crippen LogP contribution is 2.30. The normalized spacial score (nSPS) is 19.9. The Balaban J connectivity index is 2.23. The van der Waals surface area contributed by atoms with Crippen LogP contribution in [0.25, 0.3) is 0 Å². The van der Waals surface area contributed by atoms with Gasteiger partial charge in [0.15, 0.2) is 5.76 Å². The minimum Gasteiger partial charge on any atom is -0.458 e. The van der Waals surface area contributed by atoms with Gasteiger partial charge < -0.3 is 10.2 Å². The summed E-state index contributed by atoms with van der Waals surface area (Å²) in [7, 11) is 0. The predicted octanol–water partition coefficient (Wildman–Crippen LogP) is 2.04. The average molecular weight is 193 g/mol. The molecule has 0 saturated heterocycles. The summed E-state index contributed by atoms with van der Waals surface area (Å²) in [5.41, 5.74) is 5.37. The van der Waals surface area contributed by atoms with Gasteiger partial charge in [0.25, 0.3) is 0 Å². The number of nitrogens with two attached hydrogens (primary N) is 1. The van der Waals surface area contributed by atoms with Crippen LogP contribution in [0.1, 0.15) is 42.0 Å². The van der Waals surface area contributed by atoms with E-state index >= 15 is 0 Å². The van der Waals surface area contributed by atoms with Gasteiger partial charge >= 0.3 is 0 Å². The fraction of sp³-hybridized carbons (Fsp3) is 0.545. The SMILES string of the molecule is Cc1ccc(C(=O)C2(N)CCCC2)o1. The number of hydrogen-bond donors (Lipinski definition) is 1. The van der Waals surface area contributed by atoms with E-state index in [1.165, 1.54) is 0 Å². The van der Waals surface area contributed by atoms with Crippen LogP contribution in [0.2, 0.25) is 0 Å². The van der Waals surface area contributed by atoms with Gasteiger partial charge in [-0.05, 0) is 31.9 Å². The van der Waals surface area contributed by atoms with Crippen molar-refractivity contribution in [2.75, 3.05) is 0 Å². The van der Waals surface area contributed by atoms with Gasteiger partial charge in [0.2, 0.25) is 5.78 Å². The molecule has 1 aliphatic carbocycles. The second kappa shape index (κ2) is 3.24. The lowest BCUT2D eigenvalue weighted by Crippen LogP contribution is -2.45. The number of aryl methyl sites for hydroxylation is 1. The minimum absolute atomic E-state index is 0.0388. The number of Topliss-reactive ketones (excluding diaryl/α,β-unsaturated/α-hetero) is 1. The summed E-state index contributed by atoms with van der Waals surface area (Å²) in [4.78, 5) is 12.0. The van der Waals surface area contributed by atoms with E-state index in [0.717, 1.165) is 31.4 Å². The Bertz CT molecular complexity index is 348. The quantitative estimate of drug-likeness (QED) is 0.731. The molecule has 3 heteroatoms. The molecule has 1 aromatic rings. The van der Waals surface area contributed by atoms with Gasteiger partial charge in [0.05, 0.1) is 5.54 Å². The van der Waals surface area contributed by atoms with Crippen LogP contribution in [0.3, 0.4) is 0 Å². The van der Waals surface area contributed by atoms with Crippen molar-refractivity contribution in [3.8, 4) is 0 Å². The van der Waals surface area contributed by atoms with Crippen LogP contribution in [0, 0.1) is 6.92 Å². The molecule has 2 rings (SSSR count). The zero-order valence-electron chi connectivity index (χ0n) is 8.38. The number of carbonyl (C=O) groups is 1. The maximum atomic E-state index is 12.0. The van der Waals surface area contributed by atoms with Crippen LogP contribution < -0.4 is 5.73 Å².